The predicted molar refractivity (Wildman–Crippen MR) is 96.9 cm³/mol. The van der Waals surface area contributed by atoms with Gasteiger partial charge in [0.15, 0.2) is 0 Å². The zero-order valence-electron chi connectivity index (χ0n) is 15.2. The average molecular weight is 314 g/mol. The zero-order chi connectivity index (χ0) is 16.9. The van der Waals surface area contributed by atoms with Crippen LogP contribution in [0.15, 0.2) is 47.6 Å². The van der Waals surface area contributed by atoms with E-state index in [-0.39, 0.29) is 5.41 Å². The van der Waals surface area contributed by atoms with E-state index in [4.69, 9.17) is 9.47 Å². The molecule has 0 saturated carbocycles. The monoisotopic (exact) mass is 314 g/mol. The van der Waals surface area contributed by atoms with Gasteiger partial charge in [-0.1, -0.05) is 45.1 Å². The SMILES string of the molecule is CCC(C)(C)C1=CC(Cc2ccc(OC)cc2)C=C1CCOC. The molecule has 2 rings (SSSR count). The average Bonchev–Trinajstić information content (AvgIpc) is 2.97. The van der Waals surface area contributed by atoms with Crippen molar-refractivity contribution in [3.05, 3.63) is 53.1 Å². The summed E-state index contributed by atoms with van der Waals surface area (Å²) in [6.45, 7) is 7.74. The molecular weight excluding hydrogens is 284 g/mol. The van der Waals surface area contributed by atoms with Crippen molar-refractivity contribution in [2.24, 2.45) is 11.3 Å². The van der Waals surface area contributed by atoms with Gasteiger partial charge in [0.05, 0.1) is 13.7 Å². The molecule has 1 aromatic carbocycles. The van der Waals surface area contributed by atoms with Crippen molar-refractivity contribution in [3.63, 3.8) is 0 Å². The number of ether oxygens (including phenoxy) is 2. The number of methoxy groups -OCH3 is 2. The Morgan fingerprint density at radius 2 is 1.74 bits per heavy atom. The van der Waals surface area contributed by atoms with Crippen molar-refractivity contribution in [1.29, 1.82) is 0 Å². The fourth-order valence-electron chi connectivity index (χ4n) is 3.15. The number of hydrogen-bond acceptors (Lipinski definition) is 2. The summed E-state index contributed by atoms with van der Waals surface area (Å²) in [5, 5.41) is 0. The lowest BCUT2D eigenvalue weighted by atomic mass is 9.78. The van der Waals surface area contributed by atoms with Crippen molar-refractivity contribution in [1.82, 2.24) is 0 Å². The highest BCUT2D eigenvalue weighted by Crippen LogP contribution is 2.41. The summed E-state index contributed by atoms with van der Waals surface area (Å²) in [6.07, 6.45) is 8.11. The molecule has 2 nitrogen and oxygen atoms in total. The van der Waals surface area contributed by atoms with Crippen LogP contribution in [0.25, 0.3) is 0 Å². The number of allylic oxidation sites excluding steroid dienone is 3. The van der Waals surface area contributed by atoms with Gasteiger partial charge in [-0.05, 0) is 59.4 Å². The number of rotatable bonds is 8. The van der Waals surface area contributed by atoms with Crippen molar-refractivity contribution < 1.29 is 9.47 Å². The molecule has 0 fully saturated rings. The summed E-state index contributed by atoms with van der Waals surface area (Å²) in [7, 11) is 3.48. The Morgan fingerprint density at radius 1 is 1.04 bits per heavy atom. The predicted octanol–water partition coefficient (Wildman–Crippen LogP) is 5.19. The van der Waals surface area contributed by atoms with Gasteiger partial charge >= 0.3 is 0 Å². The Balaban J connectivity index is 2.16. The highest BCUT2D eigenvalue weighted by molar-refractivity contribution is 5.44. The van der Waals surface area contributed by atoms with E-state index in [0.717, 1.165) is 31.6 Å². The molecular formula is C21H30O2. The van der Waals surface area contributed by atoms with E-state index < -0.39 is 0 Å². The van der Waals surface area contributed by atoms with Gasteiger partial charge in [-0.2, -0.15) is 0 Å². The second-order valence-corrected chi connectivity index (χ2v) is 6.97. The Labute approximate surface area is 141 Å². The summed E-state index contributed by atoms with van der Waals surface area (Å²) in [5.74, 6) is 1.40. The minimum atomic E-state index is 0.230. The van der Waals surface area contributed by atoms with E-state index in [1.807, 2.05) is 12.1 Å². The van der Waals surface area contributed by atoms with Crippen LogP contribution in [0.1, 0.15) is 39.2 Å². The Bertz CT molecular complexity index is 564. The molecule has 0 spiro atoms. The molecule has 0 heterocycles. The lowest BCUT2D eigenvalue weighted by molar-refractivity contribution is 0.202. The molecule has 126 valence electrons. The van der Waals surface area contributed by atoms with Gasteiger partial charge in [-0.3, -0.25) is 0 Å². The van der Waals surface area contributed by atoms with E-state index in [1.54, 1.807) is 14.2 Å². The van der Waals surface area contributed by atoms with Crippen LogP contribution in [0.3, 0.4) is 0 Å². The molecule has 1 unspecified atom stereocenters. The molecule has 0 aromatic heterocycles. The third-order valence-corrected chi connectivity index (χ3v) is 4.96. The molecule has 0 bridgehead atoms. The highest BCUT2D eigenvalue weighted by Gasteiger charge is 2.28. The summed E-state index contributed by atoms with van der Waals surface area (Å²) < 4.78 is 10.5. The van der Waals surface area contributed by atoms with Crippen LogP contribution in [0.2, 0.25) is 0 Å². The summed E-state index contributed by atoms with van der Waals surface area (Å²) in [6, 6.07) is 8.41. The molecule has 0 radical (unpaired) electrons. The largest absolute Gasteiger partial charge is 0.497 e. The van der Waals surface area contributed by atoms with E-state index in [0.29, 0.717) is 5.92 Å². The lowest BCUT2D eigenvalue weighted by Crippen LogP contribution is -2.14. The van der Waals surface area contributed by atoms with Crippen molar-refractivity contribution >= 4 is 0 Å². The molecule has 1 aliphatic rings. The first-order valence-corrected chi connectivity index (χ1v) is 8.55. The smallest absolute Gasteiger partial charge is 0.118 e. The van der Waals surface area contributed by atoms with Crippen LogP contribution in [-0.2, 0) is 11.2 Å². The van der Waals surface area contributed by atoms with E-state index >= 15 is 0 Å². The van der Waals surface area contributed by atoms with Crippen molar-refractivity contribution in [3.8, 4) is 5.75 Å². The van der Waals surface area contributed by atoms with Crippen LogP contribution >= 0.6 is 0 Å². The molecule has 0 N–H and O–H groups in total. The van der Waals surface area contributed by atoms with Gasteiger partial charge in [-0.15, -0.1) is 0 Å². The van der Waals surface area contributed by atoms with Gasteiger partial charge in [0.2, 0.25) is 0 Å². The normalized spacial score (nSPS) is 17.9. The third-order valence-electron chi connectivity index (χ3n) is 4.96. The minimum absolute atomic E-state index is 0.230. The van der Waals surface area contributed by atoms with Crippen LogP contribution in [0.4, 0.5) is 0 Å². The standard InChI is InChI=1S/C21H30O2/c1-6-21(2,3)20-15-17(14-18(20)11-12-22-4)13-16-7-9-19(23-5)10-8-16/h7-10,14-15,17H,6,11-13H2,1-5H3. The molecule has 1 aliphatic carbocycles. The van der Waals surface area contributed by atoms with Gasteiger partial charge in [0.25, 0.3) is 0 Å². The van der Waals surface area contributed by atoms with Gasteiger partial charge < -0.3 is 9.47 Å². The molecule has 1 aromatic rings. The van der Waals surface area contributed by atoms with E-state index in [9.17, 15) is 0 Å². The molecule has 23 heavy (non-hydrogen) atoms. The Kier molecular flexibility index (Phi) is 6.06. The van der Waals surface area contributed by atoms with Gasteiger partial charge in [0.1, 0.15) is 5.75 Å². The summed E-state index contributed by atoms with van der Waals surface area (Å²) in [4.78, 5) is 0. The fraction of sp³-hybridized carbons (Fsp3) is 0.524. The first-order chi connectivity index (χ1) is 11.0. The highest BCUT2D eigenvalue weighted by atomic mass is 16.5. The maximum absolute atomic E-state index is 5.30. The van der Waals surface area contributed by atoms with Crippen LogP contribution in [0, 0.1) is 11.3 Å². The van der Waals surface area contributed by atoms with Crippen LogP contribution in [0.5, 0.6) is 5.75 Å². The van der Waals surface area contributed by atoms with Gasteiger partial charge in [0, 0.05) is 7.11 Å². The maximum Gasteiger partial charge on any atom is 0.118 e. The Morgan fingerprint density at radius 3 is 2.30 bits per heavy atom. The van der Waals surface area contributed by atoms with Crippen LogP contribution in [-0.4, -0.2) is 20.8 Å². The van der Waals surface area contributed by atoms with E-state index in [1.165, 1.54) is 16.7 Å². The molecule has 0 aliphatic heterocycles. The quantitative estimate of drug-likeness (QED) is 0.657. The lowest BCUT2D eigenvalue weighted by Gasteiger charge is -2.27. The minimum Gasteiger partial charge on any atom is -0.497 e. The molecule has 0 amide bonds. The summed E-state index contributed by atoms with van der Waals surface area (Å²) in [5.41, 5.74) is 4.56. The molecule has 0 saturated heterocycles. The van der Waals surface area contributed by atoms with Crippen molar-refractivity contribution in [2.75, 3.05) is 20.8 Å². The first kappa shape index (κ1) is 17.8. The number of hydrogen-bond donors (Lipinski definition) is 0. The second kappa shape index (κ2) is 7.83. The topological polar surface area (TPSA) is 18.5 Å². The van der Waals surface area contributed by atoms with Gasteiger partial charge in [-0.25, -0.2) is 0 Å². The number of benzene rings is 1. The molecule has 2 heteroatoms. The molecule has 1 atom stereocenters. The first-order valence-electron chi connectivity index (χ1n) is 8.55. The van der Waals surface area contributed by atoms with Crippen LogP contribution < -0.4 is 4.74 Å². The summed E-state index contributed by atoms with van der Waals surface area (Å²) >= 11 is 0. The van der Waals surface area contributed by atoms with Crippen molar-refractivity contribution in [2.45, 2.75) is 40.0 Å². The Hall–Kier alpha value is -1.54. The second-order valence-electron chi connectivity index (χ2n) is 6.97. The third kappa shape index (κ3) is 4.48. The fourth-order valence-corrected chi connectivity index (χ4v) is 3.15. The zero-order valence-corrected chi connectivity index (χ0v) is 15.2. The van der Waals surface area contributed by atoms with E-state index in [2.05, 4.69) is 45.1 Å². The maximum atomic E-state index is 5.30.